The quantitative estimate of drug-likeness (QED) is 0.501. The molecule has 0 saturated carbocycles. The normalized spacial score (nSPS) is 11.0. The predicted molar refractivity (Wildman–Crippen MR) is 72.3 cm³/mol. The molecule has 0 unspecified atom stereocenters. The first-order chi connectivity index (χ1) is 9.23. The number of hydrogen-bond donors (Lipinski definition) is 1. The van der Waals surface area contributed by atoms with E-state index in [9.17, 15) is 14.9 Å². The van der Waals surface area contributed by atoms with Crippen molar-refractivity contribution in [1.29, 1.82) is 0 Å². The van der Waals surface area contributed by atoms with Gasteiger partial charge in [0.1, 0.15) is 5.60 Å². The Morgan fingerprint density at radius 3 is 2.55 bits per heavy atom. The first-order valence-electron chi connectivity index (χ1n) is 6.05. The fraction of sp³-hybridized carbons (Fsp3) is 0.462. The number of nitrogens with zero attached hydrogens (tertiary/aromatic N) is 1. The molecule has 0 aliphatic rings. The highest BCUT2D eigenvalue weighted by atomic mass is 16.6. The van der Waals surface area contributed by atoms with Crippen LogP contribution in [-0.2, 0) is 16.1 Å². The van der Waals surface area contributed by atoms with Gasteiger partial charge in [0, 0.05) is 12.6 Å². The Morgan fingerprint density at radius 2 is 2.05 bits per heavy atom. The molecule has 0 saturated heterocycles. The summed E-state index contributed by atoms with van der Waals surface area (Å²) in [6.07, 6.45) is 0. The fourth-order valence-electron chi connectivity index (χ4n) is 1.46. The minimum atomic E-state index is -0.633. The number of benzene rings is 1. The summed E-state index contributed by atoms with van der Waals surface area (Å²) in [5.74, 6) is -0.589. The first kappa shape index (κ1) is 15.9. The molecule has 0 aliphatic heterocycles. The molecule has 1 aromatic rings. The summed E-state index contributed by atoms with van der Waals surface area (Å²) >= 11 is 0. The van der Waals surface area contributed by atoms with Crippen molar-refractivity contribution in [3.8, 4) is 5.75 Å². The van der Waals surface area contributed by atoms with Crippen LogP contribution in [0.4, 0.5) is 5.69 Å². The van der Waals surface area contributed by atoms with Gasteiger partial charge < -0.3 is 15.2 Å². The average molecular weight is 282 g/mol. The lowest BCUT2D eigenvalue weighted by molar-refractivity contribution is -0.385. The number of hydrogen-bond acceptors (Lipinski definition) is 6. The molecule has 20 heavy (non-hydrogen) atoms. The van der Waals surface area contributed by atoms with E-state index < -0.39 is 23.1 Å². The first-order valence-corrected chi connectivity index (χ1v) is 6.05. The van der Waals surface area contributed by atoms with Crippen LogP contribution in [0.1, 0.15) is 26.3 Å². The van der Waals surface area contributed by atoms with Gasteiger partial charge in [0.2, 0.25) is 0 Å². The van der Waals surface area contributed by atoms with E-state index in [-0.39, 0.29) is 18.0 Å². The molecule has 0 atom stereocenters. The van der Waals surface area contributed by atoms with Crippen molar-refractivity contribution in [2.24, 2.45) is 5.73 Å². The van der Waals surface area contributed by atoms with Crippen molar-refractivity contribution in [3.63, 3.8) is 0 Å². The van der Waals surface area contributed by atoms with Gasteiger partial charge in [0.05, 0.1) is 4.92 Å². The van der Waals surface area contributed by atoms with Crippen LogP contribution in [0.5, 0.6) is 5.75 Å². The number of nitro benzene ring substituents is 1. The smallest absolute Gasteiger partial charge is 0.344 e. The second kappa shape index (κ2) is 6.33. The molecule has 0 heterocycles. The lowest BCUT2D eigenvalue weighted by atomic mass is 10.2. The maximum atomic E-state index is 11.5. The Morgan fingerprint density at radius 1 is 1.40 bits per heavy atom. The summed E-state index contributed by atoms with van der Waals surface area (Å²) in [6.45, 7) is 5.00. The largest absolute Gasteiger partial charge is 0.475 e. The van der Waals surface area contributed by atoms with Crippen LogP contribution >= 0.6 is 0 Å². The molecule has 0 aromatic heterocycles. The van der Waals surface area contributed by atoms with Crippen molar-refractivity contribution in [2.45, 2.75) is 32.9 Å². The molecule has 1 aromatic carbocycles. The highest BCUT2D eigenvalue weighted by Gasteiger charge is 2.20. The van der Waals surface area contributed by atoms with Crippen LogP contribution in [0.15, 0.2) is 18.2 Å². The van der Waals surface area contributed by atoms with Crippen LogP contribution in [0.3, 0.4) is 0 Å². The molecule has 1 rings (SSSR count). The van der Waals surface area contributed by atoms with Gasteiger partial charge in [-0.05, 0) is 32.4 Å². The van der Waals surface area contributed by atoms with E-state index in [0.29, 0.717) is 5.56 Å². The Labute approximate surface area is 116 Å². The molecule has 2 N–H and O–H groups in total. The molecule has 110 valence electrons. The van der Waals surface area contributed by atoms with Gasteiger partial charge in [-0.1, -0.05) is 6.07 Å². The molecule has 0 radical (unpaired) electrons. The number of nitrogens with two attached hydrogens (primary N) is 1. The van der Waals surface area contributed by atoms with E-state index in [4.69, 9.17) is 15.2 Å². The van der Waals surface area contributed by atoms with Gasteiger partial charge >= 0.3 is 11.7 Å². The van der Waals surface area contributed by atoms with Crippen LogP contribution in [0.2, 0.25) is 0 Å². The zero-order chi connectivity index (χ0) is 15.3. The molecule has 0 amide bonds. The minimum absolute atomic E-state index is 0.00353. The summed E-state index contributed by atoms with van der Waals surface area (Å²) in [7, 11) is 0. The minimum Gasteiger partial charge on any atom is -0.475 e. The van der Waals surface area contributed by atoms with Gasteiger partial charge in [-0.3, -0.25) is 10.1 Å². The third kappa shape index (κ3) is 4.85. The van der Waals surface area contributed by atoms with Crippen molar-refractivity contribution in [3.05, 3.63) is 33.9 Å². The van der Waals surface area contributed by atoms with Gasteiger partial charge in [0.15, 0.2) is 12.4 Å². The summed E-state index contributed by atoms with van der Waals surface area (Å²) in [6, 6.07) is 4.29. The number of nitro groups is 1. The second-order valence-electron chi connectivity index (χ2n) is 5.14. The number of carbonyl (C=O) groups excluding carboxylic acids is 1. The van der Waals surface area contributed by atoms with E-state index in [1.165, 1.54) is 12.1 Å². The van der Waals surface area contributed by atoms with E-state index in [1.54, 1.807) is 26.8 Å². The second-order valence-corrected chi connectivity index (χ2v) is 5.14. The lowest BCUT2D eigenvalue weighted by Crippen LogP contribution is -2.27. The molecule has 0 spiro atoms. The van der Waals surface area contributed by atoms with Crippen molar-refractivity contribution >= 4 is 11.7 Å². The van der Waals surface area contributed by atoms with Crippen molar-refractivity contribution < 1.29 is 19.2 Å². The standard InChI is InChI=1S/C13H18N2O5/c1-13(2,3)20-12(16)8-19-11-6-9(7-14)4-5-10(11)15(17)18/h4-6H,7-8,14H2,1-3H3. The fourth-order valence-corrected chi connectivity index (χ4v) is 1.46. The summed E-state index contributed by atoms with van der Waals surface area (Å²) in [5.41, 5.74) is 5.29. The molecular formula is C13H18N2O5. The van der Waals surface area contributed by atoms with E-state index in [1.807, 2.05) is 0 Å². The van der Waals surface area contributed by atoms with Gasteiger partial charge in [0.25, 0.3) is 0 Å². The molecule has 0 aliphatic carbocycles. The topological polar surface area (TPSA) is 105 Å². The van der Waals surface area contributed by atoms with E-state index >= 15 is 0 Å². The van der Waals surface area contributed by atoms with E-state index in [0.717, 1.165) is 0 Å². The monoisotopic (exact) mass is 282 g/mol. The molecular weight excluding hydrogens is 264 g/mol. The molecule has 7 nitrogen and oxygen atoms in total. The summed E-state index contributed by atoms with van der Waals surface area (Å²) in [5, 5.41) is 10.9. The third-order valence-electron chi connectivity index (χ3n) is 2.22. The number of ether oxygens (including phenoxy) is 2. The lowest BCUT2D eigenvalue weighted by Gasteiger charge is -2.19. The van der Waals surface area contributed by atoms with Crippen LogP contribution in [0, 0.1) is 10.1 Å². The maximum absolute atomic E-state index is 11.5. The van der Waals surface area contributed by atoms with Gasteiger partial charge in [-0.25, -0.2) is 4.79 Å². The Kier molecular flexibility index (Phi) is 5.04. The Bertz CT molecular complexity index is 508. The highest BCUT2D eigenvalue weighted by molar-refractivity contribution is 5.71. The van der Waals surface area contributed by atoms with Crippen molar-refractivity contribution in [2.75, 3.05) is 6.61 Å². The summed E-state index contributed by atoms with van der Waals surface area (Å²) < 4.78 is 10.2. The number of carbonyl (C=O) groups is 1. The summed E-state index contributed by atoms with van der Waals surface area (Å²) in [4.78, 5) is 21.8. The number of rotatable bonds is 5. The zero-order valence-electron chi connectivity index (χ0n) is 11.7. The zero-order valence-corrected chi connectivity index (χ0v) is 11.7. The van der Waals surface area contributed by atoms with E-state index in [2.05, 4.69) is 0 Å². The van der Waals surface area contributed by atoms with Crippen LogP contribution in [-0.4, -0.2) is 23.1 Å². The van der Waals surface area contributed by atoms with Crippen LogP contribution in [0.25, 0.3) is 0 Å². The highest BCUT2D eigenvalue weighted by Crippen LogP contribution is 2.28. The molecule has 0 fully saturated rings. The van der Waals surface area contributed by atoms with Gasteiger partial charge in [-0.15, -0.1) is 0 Å². The SMILES string of the molecule is CC(C)(C)OC(=O)COc1cc(CN)ccc1[N+](=O)[O-]. The number of esters is 1. The third-order valence-corrected chi connectivity index (χ3v) is 2.22. The van der Waals surface area contributed by atoms with Gasteiger partial charge in [-0.2, -0.15) is 0 Å². The predicted octanol–water partition coefficient (Wildman–Crippen LogP) is 1.77. The molecule has 0 bridgehead atoms. The maximum Gasteiger partial charge on any atom is 0.344 e. The Balaban J connectivity index is 2.80. The Hall–Kier alpha value is -2.15. The average Bonchev–Trinajstić information content (AvgIpc) is 2.33. The van der Waals surface area contributed by atoms with Crippen molar-refractivity contribution in [1.82, 2.24) is 0 Å². The molecule has 7 heteroatoms. The van der Waals surface area contributed by atoms with Crippen LogP contribution < -0.4 is 10.5 Å².